The third-order valence-corrected chi connectivity index (χ3v) is 2.52. The normalized spacial score (nSPS) is 21.5. The van der Waals surface area contributed by atoms with E-state index in [0.717, 1.165) is 6.54 Å². The lowest BCUT2D eigenvalue weighted by Crippen LogP contribution is -2.44. The quantitative estimate of drug-likeness (QED) is 0.603. The highest BCUT2D eigenvalue weighted by Gasteiger charge is 2.12. The second-order valence-corrected chi connectivity index (χ2v) is 3.64. The van der Waals surface area contributed by atoms with Gasteiger partial charge in [-0.1, -0.05) is 0 Å². The van der Waals surface area contributed by atoms with Crippen LogP contribution in [0.15, 0.2) is 0 Å². The van der Waals surface area contributed by atoms with Gasteiger partial charge in [-0.3, -0.25) is 0 Å². The first kappa shape index (κ1) is 9.96. The Labute approximate surface area is 75.5 Å². The molecule has 0 aromatic carbocycles. The van der Waals surface area contributed by atoms with Gasteiger partial charge in [-0.2, -0.15) is 0 Å². The molecule has 0 amide bonds. The minimum absolute atomic E-state index is 0.841. The highest BCUT2D eigenvalue weighted by Crippen LogP contribution is 2.00. The van der Waals surface area contributed by atoms with E-state index in [2.05, 4.69) is 16.8 Å². The Balaban J connectivity index is 2.01. The van der Waals surface area contributed by atoms with Gasteiger partial charge in [0.25, 0.3) is 0 Å². The van der Waals surface area contributed by atoms with Crippen molar-refractivity contribution >= 4 is 0 Å². The predicted molar refractivity (Wildman–Crippen MR) is 52.2 cm³/mol. The molecule has 0 aromatic rings. The van der Waals surface area contributed by atoms with E-state index in [1.165, 1.54) is 45.6 Å². The van der Waals surface area contributed by atoms with Crippen LogP contribution in [0.25, 0.3) is 0 Å². The summed E-state index contributed by atoms with van der Waals surface area (Å²) < 4.78 is 0. The molecule has 1 aliphatic rings. The van der Waals surface area contributed by atoms with Crippen LogP contribution >= 0.6 is 0 Å². The molecule has 2 N–H and O–H groups in total. The minimum atomic E-state index is 0.841. The molecule has 0 unspecified atom stereocenters. The Morgan fingerprint density at radius 3 is 2.33 bits per heavy atom. The molecular formula is C9H21N3. The van der Waals surface area contributed by atoms with E-state index in [1.54, 1.807) is 0 Å². The fraction of sp³-hybridized carbons (Fsp3) is 1.00. The number of rotatable bonds is 4. The molecular weight excluding hydrogens is 150 g/mol. The lowest BCUT2D eigenvalue weighted by Gasteiger charge is -2.32. The summed E-state index contributed by atoms with van der Waals surface area (Å²) in [5, 5.41) is 0. The Morgan fingerprint density at radius 1 is 1.08 bits per heavy atom. The average molecular weight is 171 g/mol. The fourth-order valence-electron chi connectivity index (χ4n) is 1.55. The molecule has 72 valence electrons. The summed E-state index contributed by atoms with van der Waals surface area (Å²) in [6.45, 7) is 7.01. The molecule has 0 atom stereocenters. The maximum absolute atomic E-state index is 5.44. The number of hydrogen-bond acceptors (Lipinski definition) is 3. The molecule has 0 aromatic heterocycles. The molecule has 1 aliphatic heterocycles. The van der Waals surface area contributed by atoms with Crippen LogP contribution in [0.2, 0.25) is 0 Å². The Morgan fingerprint density at radius 2 is 1.75 bits per heavy atom. The molecule has 1 rings (SSSR count). The zero-order chi connectivity index (χ0) is 8.81. The molecule has 0 aliphatic carbocycles. The fourth-order valence-corrected chi connectivity index (χ4v) is 1.55. The van der Waals surface area contributed by atoms with E-state index < -0.39 is 0 Å². The van der Waals surface area contributed by atoms with E-state index in [4.69, 9.17) is 5.73 Å². The van der Waals surface area contributed by atoms with E-state index in [0.29, 0.717) is 0 Å². The Kier molecular flexibility index (Phi) is 4.58. The first-order valence-electron chi connectivity index (χ1n) is 4.94. The van der Waals surface area contributed by atoms with Crippen LogP contribution in [0.4, 0.5) is 0 Å². The summed E-state index contributed by atoms with van der Waals surface area (Å²) >= 11 is 0. The van der Waals surface area contributed by atoms with Crippen molar-refractivity contribution in [2.75, 3.05) is 46.3 Å². The number of likely N-dealkylation sites (N-methyl/N-ethyl adjacent to an activating group) is 1. The molecule has 3 heteroatoms. The molecule has 3 nitrogen and oxygen atoms in total. The molecule has 0 bridgehead atoms. The van der Waals surface area contributed by atoms with Gasteiger partial charge in [0.2, 0.25) is 0 Å². The standard InChI is InChI=1S/C9H21N3/c1-11-6-8-12(9-7-11)5-3-2-4-10/h2-10H2,1H3. The van der Waals surface area contributed by atoms with Gasteiger partial charge in [-0.15, -0.1) is 0 Å². The first-order chi connectivity index (χ1) is 5.83. The molecule has 12 heavy (non-hydrogen) atoms. The summed E-state index contributed by atoms with van der Waals surface area (Å²) in [4.78, 5) is 4.93. The zero-order valence-electron chi connectivity index (χ0n) is 8.13. The van der Waals surface area contributed by atoms with Gasteiger partial charge in [0.05, 0.1) is 0 Å². The lowest BCUT2D eigenvalue weighted by atomic mass is 10.2. The highest BCUT2D eigenvalue weighted by molar-refractivity contribution is 4.68. The summed E-state index contributed by atoms with van der Waals surface area (Å²) in [7, 11) is 2.19. The third-order valence-electron chi connectivity index (χ3n) is 2.52. The van der Waals surface area contributed by atoms with Crippen molar-refractivity contribution in [2.24, 2.45) is 5.73 Å². The van der Waals surface area contributed by atoms with Crippen molar-refractivity contribution < 1.29 is 0 Å². The molecule has 1 saturated heterocycles. The van der Waals surface area contributed by atoms with Gasteiger partial charge >= 0.3 is 0 Å². The van der Waals surface area contributed by atoms with Crippen LogP contribution in [-0.4, -0.2) is 56.1 Å². The van der Waals surface area contributed by atoms with Gasteiger partial charge in [-0.25, -0.2) is 0 Å². The summed E-state index contributed by atoms with van der Waals surface area (Å²) in [5.74, 6) is 0. The van der Waals surface area contributed by atoms with Crippen LogP contribution in [0.5, 0.6) is 0 Å². The lowest BCUT2D eigenvalue weighted by molar-refractivity contribution is 0.152. The Bertz CT molecular complexity index is 108. The summed E-state index contributed by atoms with van der Waals surface area (Å²) in [6, 6.07) is 0. The first-order valence-corrected chi connectivity index (χ1v) is 4.94. The van der Waals surface area contributed by atoms with Gasteiger partial charge in [0.15, 0.2) is 0 Å². The topological polar surface area (TPSA) is 32.5 Å². The second-order valence-electron chi connectivity index (χ2n) is 3.64. The Hall–Kier alpha value is -0.120. The largest absolute Gasteiger partial charge is 0.330 e. The number of nitrogens with zero attached hydrogens (tertiary/aromatic N) is 2. The van der Waals surface area contributed by atoms with Crippen LogP contribution < -0.4 is 5.73 Å². The van der Waals surface area contributed by atoms with E-state index >= 15 is 0 Å². The second kappa shape index (κ2) is 5.51. The maximum atomic E-state index is 5.44. The third kappa shape index (κ3) is 3.52. The number of unbranched alkanes of at least 4 members (excludes halogenated alkanes) is 1. The SMILES string of the molecule is CN1CCN(CCCCN)CC1. The molecule has 1 heterocycles. The molecule has 0 radical (unpaired) electrons. The van der Waals surface area contributed by atoms with Crippen LogP contribution in [0.1, 0.15) is 12.8 Å². The van der Waals surface area contributed by atoms with E-state index in [9.17, 15) is 0 Å². The highest BCUT2D eigenvalue weighted by atomic mass is 15.2. The number of piperazine rings is 1. The van der Waals surface area contributed by atoms with Gasteiger partial charge in [0, 0.05) is 26.2 Å². The van der Waals surface area contributed by atoms with Gasteiger partial charge in [0.1, 0.15) is 0 Å². The van der Waals surface area contributed by atoms with Crippen LogP contribution in [0, 0.1) is 0 Å². The van der Waals surface area contributed by atoms with Crippen LogP contribution in [-0.2, 0) is 0 Å². The van der Waals surface area contributed by atoms with E-state index in [-0.39, 0.29) is 0 Å². The van der Waals surface area contributed by atoms with Gasteiger partial charge in [-0.05, 0) is 33.0 Å². The molecule has 0 saturated carbocycles. The smallest absolute Gasteiger partial charge is 0.0110 e. The maximum Gasteiger partial charge on any atom is 0.0110 e. The van der Waals surface area contributed by atoms with Crippen molar-refractivity contribution in [3.05, 3.63) is 0 Å². The van der Waals surface area contributed by atoms with Crippen molar-refractivity contribution in [1.29, 1.82) is 0 Å². The van der Waals surface area contributed by atoms with Gasteiger partial charge < -0.3 is 15.5 Å². The zero-order valence-corrected chi connectivity index (χ0v) is 8.13. The number of hydrogen-bond donors (Lipinski definition) is 1. The van der Waals surface area contributed by atoms with E-state index in [1.807, 2.05) is 0 Å². The van der Waals surface area contributed by atoms with Crippen molar-refractivity contribution in [3.63, 3.8) is 0 Å². The predicted octanol–water partition coefficient (Wildman–Crippen LogP) is -0.0273. The average Bonchev–Trinajstić information content (AvgIpc) is 2.09. The van der Waals surface area contributed by atoms with Crippen molar-refractivity contribution in [2.45, 2.75) is 12.8 Å². The van der Waals surface area contributed by atoms with Crippen LogP contribution in [0.3, 0.4) is 0 Å². The number of nitrogens with two attached hydrogens (primary N) is 1. The van der Waals surface area contributed by atoms with Crippen molar-refractivity contribution in [3.8, 4) is 0 Å². The van der Waals surface area contributed by atoms with Crippen molar-refractivity contribution in [1.82, 2.24) is 9.80 Å². The molecule has 1 fully saturated rings. The molecule has 0 spiro atoms. The summed E-state index contributed by atoms with van der Waals surface area (Å²) in [5.41, 5.74) is 5.44. The monoisotopic (exact) mass is 171 g/mol. The minimum Gasteiger partial charge on any atom is -0.330 e. The summed E-state index contributed by atoms with van der Waals surface area (Å²) in [6.07, 6.45) is 2.44.